The van der Waals surface area contributed by atoms with Gasteiger partial charge < -0.3 is 0 Å². The molecule has 162 valence electrons. The Hall–Kier alpha value is -1.70. The molecule has 4 atom stereocenters. The van der Waals surface area contributed by atoms with Crippen molar-refractivity contribution < 1.29 is 8.78 Å². The van der Waals surface area contributed by atoms with Crippen molar-refractivity contribution >= 4 is 10.8 Å². The largest absolute Gasteiger partial charge is 0.207 e. The summed E-state index contributed by atoms with van der Waals surface area (Å²) in [6, 6.07) is 7.27. The van der Waals surface area contributed by atoms with Crippen LogP contribution in [0, 0.1) is 29.4 Å². The average Bonchev–Trinajstić information content (AvgIpc) is 2.75. The molecule has 2 fully saturated rings. The molecule has 0 nitrogen and oxygen atoms in total. The lowest BCUT2D eigenvalue weighted by Gasteiger charge is -2.42. The molecule has 0 spiro atoms. The lowest BCUT2D eigenvalue weighted by Crippen LogP contribution is -2.30. The molecular weight excluding hydrogens is 374 g/mol. The topological polar surface area (TPSA) is 0 Å². The third-order valence-electron chi connectivity index (χ3n) is 7.83. The van der Waals surface area contributed by atoms with Crippen molar-refractivity contribution in [3.05, 3.63) is 59.2 Å². The van der Waals surface area contributed by atoms with E-state index >= 15 is 4.39 Å². The highest BCUT2D eigenvalue weighted by Gasteiger charge is 2.36. The van der Waals surface area contributed by atoms with Crippen LogP contribution in [0.25, 0.3) is 10.8 Å². The normalized spacial score (nSPS) is 26.9. The number of benzene rings is 2. The molecule has 4 rings (SSSR count). The summed E-state index contributed by atoms with van der Waals surface area (Å²) in [7, 11) is 0. The van der Waals surface area contributed by atoms with Gasteiger partial charge in [0.15, 0.2) is 0 Å². The SMILES string of the molecule is CC=CCCc1cc2ccc(C3CCC4CC(CCC)CCC4C3)c(F)c2cc1F. The molecule has 0 heterocycles. The highest BCUT2D eigenvalue weighted by Crippen LogP contribution is 2.49. The third kappa shape index (κ3) is 4.48. The number of fused-ring (bicyclic) bond motifs is 2. The van der Waals surface area contributed by atoms with Crippen LogP contribution in [0.1, 0.15) is 88.7 Å². The standard InChI is InChI=1S/C28H36F2/c1-3-5-6-8-24-17-23-13-14-25(28(30)26(23)18-27(24)29)22-12-11-20-15-19(7-4-2)9-10-21(20)16-22/h3,5,13-14,17-22H,4,6-12,15-16H2,1-2H3. The van der Waals surface area contributed by atoms with Crippen molar-refractivity contribution in [2.24, 2.45) is 17.8 Å². The van der Waals surface area contributed by atoms with E-state index in [1.165, 1.54) is 44.6 Å². The van der Waals surface area contributed by atoms with Crippen LogP contribution in [-0.2, 0) is 6.42 Å². The van der Waals surface area contributed by atoms with Gasteiger partial charge in [0.1, 0.15) is 11.6 Å². The molecule has 2 saturated carbocycles. The van der Waals surface area contributed by atoms with Crippen LogP contribution < -0.4 is 0 Å². The summed E-state index contributed by atoms with van der Waals surface area (Å²) < 4.78 is 30.1. The lowest BCUT2D eigenvalue weighted by molar-refractivity contribution is 0.113. The molecule has 0 bridgehead atoms. The maximum atomic E-state index is 15.5. The second-order valence-corrected chi connectivity index (χ2v) is 9.74. The summed E-state index contributed by atoms with van der Waals surface area (Å²) in [5.41, 5.74) is 1.50. The molecule has 4 unspecified atom stereocenters. The smallest absolute Gasteiger partial charge is 0.134 e. The molecule has 0 N–H and O–H groups in total. The maximum Gasteiger partial charge on any atom is 0.134 e. The van der Waals surface area contributed by atoms with E-state index in [0.717, 1.165) is 48.0 Å². The Morgan fingerprint density at radius 3 is 2.60 bits per heavy atom. The molecule has 2 aliphatic carbocycles. The van der Waals surface area contributed by atoms with Crippen molar-refractivity contribution in [1.82, 2.24) is 0 Å². The number of hydrogen-bond acceptors (Lipinski definition) is 0. The first-order valence-electron chi connectivity index (χ1n) is 12.1. The molecule has 30 heavy (non-hydrogen) atoms. The second-order valence-electron chi connectivity index (χ2n) is 9.74. The van der Waals surface area contributed by atoms with Crippen molar-refractivity contribution in [2.45, 2.75) is 84.0 Å². The highest BCUT2D eigenvalue weighted by atomic mass is 19.1. The van der Waals surface area contributed by atoms with Gasteiger partial charge in [-0.15, -0.1) is 0 Å². The average molecular weight is 411 g/mol. The predicted molar refractivity (Wildman–Crippen MR) is 123 cm³/mol. The zero-order valence-electron chi connectivity index (χ0n) is 18.6. The zero-order chi connectivity index (χ0) is 21.1. The predicted octanol–water partition coefficient (Wildman–Crippen LogP) is 8.73. The number of hydrogen-bond donors (Lipinski definition) is 0. The molecule has 2 heteroatoms. The van der Waals surface area contributed by atoms with Gasteiger partial charge in [-0.05, 0) is 104 Å². The Balaban J connectivity index is 1.52. The van der Waals surface area contributed by atoms with Gasteiger partial charge in [-0.1, -0.05) is 50.5 Å². The van der Waals surface area contributed by atoms with E-state index < -0.39 is 0 Å². The van der Waals surface area contributed by atoms with Crippen molar-refractivity contribution in [2.75, 3.05) is 0 Å². The fourth-order valence-electron chi connectivity index (χ4n) is 6.22. The summed E-state index contributed by atoms with van der Waals surface area (Å²) in [5, 5.41) is 1.27. The minimum absolute atomic E-state index is 0.186. The first-order chi connectivity index (χ1) is 14.6. The van der Waals surface area contributed by atoms with Gasteiger partial charge >= 0.3 is 0 Å². The molecule has 0 saturated heterocycles. The summed E-state index contributed by atoms with van der Waals surface area (Å²) in [6.07, 6.45) is 15.6. The fraction of sp³-hybridized carbons (Fsp3) is 0.571. The zero-order valence-corrected chi connectivity index (χ0v) is 18.6. The summed E-state index contributed by atoms with van der Waals surface area (Å²) >= 11 is 0. The van der Waals surface area contributed by atoms with Gasteiger partial charge in [-0.2, -0.15) is 0 Å². The van der Waals surface area contributed by atoms with E-state index in [0.29, 0.717) is 17.4 Å². The van der Waals surface area contributed by atoms with Crippen molar-refractivity contribution in [3.63, 3.8) is 0 Å². The number of rotatable bonds is 6. The minimum atomic E-state index is -0.277. The first-order valence-corrected chi connectivity index (χ1v) is 12.1. The van der Waals surface area contributed by atoms with E-state index in [2.05, 4.69) is 6.92 Å². The fourth-order valence-corrected chi connectivity index (χ4v) is 6.22. The first kappa shape index (κ1) is 21.5. The lowest BCUT2D eigenvalue weighted by atomic mass is 9.63. The number of halogens is 2. The van der Waals surface area contributed by atoms with Gasteiger partial charge in [0.05, 0.1) is 0 Å². The van der Waals surface area contributed by atoms with E-state index in [4.69, 9.17) is 0 Å². The Labute approximate surface area is 180 Å². The van der Waals surface area contributed by atoms with Gasteiger partial charge in [-0.25, -0.2) is 8.78 Å². The Kier molecular flexibility index (Phi) is 6.91. The molecule has 2 aromatic carbocycles. The molecule has 0 aromatic heterocycles. The van der Waals surface area contributed by atoms with Crippen molar-refractivity contribution in [3.8, 4) is 0 Å². The van der Waals surface area contributed by atoms with Crippen LogP contribution in [-0.4, -0.2) is 0 Å². The van der Waals surface area contributed by atoms with E-state index in [1.807, 2.05) is 37.3 Å². The minimum Gasteiger partial charge on any atom is -0.207 e. The van der Waals surface area contributed by atoms with Crippen LogP contribution in [0.15, 0.2) is 36.4 Å². The molecule has 2 aliphatic rings. The summed E-state index contributed by atoms with van der Waals surface area (Å²) in [5.74, 6) is 2.33. The Morgan fingerprint density at radius 1 is 1.00 bits per heavy atom. The quantitative estimate of drug-likeness (QED) is 0.418. The number of aryl methyl sites for hydroxylation is 1. The van der Waals surface area contributed by atoms with Gasteiger partial charge in [0, 0.05) is 5.39 Å². The molecule has 0 radical (unpaired) electrons. The molecule has 2 aromatic rings. The highest BCUT2D eigenvalue weighted by molar-refractivity contribution is 5.85. The second kappa shape index (κ2) is 9.62. The van der Waals surface area contributed by atoms with E-state index in [9.17, 15) is 4.39 Å². The Morgan fingerprint density at radius 2 is 1.80 bits per heavy atom. The maximum absolute atomic E-state index is 15.5. The molecule has 0 aliphatic heterocycles. The monoisotopic (exact) mass is 410 g/mol. The van der Waals surface area contributed by atoms with Crippen LogP contribution in [0.3, 0.4) is 0 Å². The summed E-state index contributed by atoms with van der Waals surface area (Å²) in [4.78, 5) is 0. The van der Waals surface area contributed by atoms with Crippen LogP contribution in [0.4, 0.5) is 8.78 Å². The van der Waals surface area contributed by atoms with Crippen LogP contribution in [0.2, 0.25) is 0 Å². The van der Waals surface area contributed by atoms with Crippen LogP contribution in [0.5, 0.6) is 0 Å². The Bertz CT molecular complexity index is 897. The number of allylic oxidation sites excluding steroid dienone is 2. The van der Waals surface area contributed by atoms with Gasteiger partial charge in [-0.3, -0.25) is 0 Å². The summed E-state index contributed by atoms with van der Waals surface area (Å²) in [6.45, 7) is 4.26. The molecule has 0 amide bonds. The third-order valence-corrected chi connectivity index (χ3v) is 7.83. The molecular formula is C28H36F2. The van der Waals surface area contributed by atoms with E-state index in [-0.39, 0.29) is 17.6 Å². The van der Waals surface area contributed by atoms with Gasteiger partial charge in [0.2, 0.25) is 0 Å². The van der Waals surface area contributed by atoms with E-state index in [1.54, 1.807) is 0 Å². The van der Waals surface area contributed by atoms with Gasteiger partial charge in [0.25, 0.3) is 0 Å². The van der Waals surface area contributed by atoms with Crippen LogP contribution >= 0.6 is 0 Å². The van der Waals surface area contributed by atoms with Crippen molar-refractivity contribution in [1.29, 1.82) is 0 Å².